The van der Waals surface area contributed by atoms with Gasteiger partial charge in [-0.25, -0.2) is 4.90 Å². The van der Waals surface area contributed by atoms with Gasteiger partial charge in [-0.05, 0) is 29.8 Å². The molecule has 1 saturated heterocycles. The van der Waals surface area contributed by atoms with Crippen molar-refractivity contribution in [3.63, 3.8) is 0 Å². The van der Waals surface area contributed by atoms with E-state index in [1.54, 1.807) is 42.5 Å². The molecule has 2 aromatic rings. The molecule has 2 aromatic carbocycles. The third-order valence-electron chi connectivity index (χ3n) is 4.69. The van der Waals surface area contributed by atoms with E-state index in [1.807, 2.05) is 4.90 Å². The molecule has 5 nitrogen and oxygen atoms in total. The van der Waals surface area contributed by atoms with E-state index in [-0.39, 0.29) is 15.7 Å². The van der Waals surface area contributed by atoms with Crippen LogP contribution in [0.2, 0.25) is 15.1 Å². The summed E-state index contributed by atoms with van der Waals surface area (Å²) in [5, 5.41) is 0.973. The average Bonchev–Trinajstić information content (AvgIpc) is 2.96. The van der Waals surface area contributed by atoms with Crippen molar-refractivity contribution in [1.82, 2.24) is 4.90 Å². The quantitative estimate of drug-likeness (QED) is 0.673. The Balaban J connectivity index is 1.85. The van der Waals surface area contributed by atoms with Crippen LogP contribution >= 0.6 is 34.8 Å². The molecule has 0 aliphatic carbocycles. The normalized spacial score (nSPS) is 17.7. The summed E-state index contributed by atoms with van der Waals surface area (Å²) >= 11 is 18.4. The number of anilines is 1. The third-order valence-corrected chi connectivity index (χ3v) is 5.75. The van der Waals surface area contributed by atoms with Crippen LogP contribution in [0.4, 0.5) is 5.69 Å². The predicted molar refractivity (Wildman–Crippen MR) is 110 cm³/mol. The second kappa shape index (κ2) is 7.76. The first kappa shape index (κ1) is 19.3. The molecule has 0 aromatic heterocycles. The molecule has 0 N–H and O–H groups in total. The number of halogens is 3. The smallest absolute Gasteiger partial charge is 0.282 e. The van der Waals surface area contributed by atoms with E-state index in [9.17, 15) is 9.59 Å². The lowest BCUT2D eigenvalue weighted by Gasteiger charge is -2.29. The number of rotatable bonds is 3. The van der Waals surface area contributed by atoms with Crippen LogP contribution in [-0.4, -0.2) is 43.0 Å². The number of nitrogens with zero attached hydrogens (tertiary/aromatic N) is 2. The van der Waals surface area contributed by atoms with Crippen molar-refractivity contribution >= 4 is 57.9 Å². The van der Waals surface area contributed by atoms with Crippen LogP contribution in [0.1, 0.15) is 5.56 Å². The number of morpholine rings is 1. The molecule has 2 aliphatic heterocycles. The van der Waals surface area contributed by atoms with Crippen molar-refractivity contribution in [1.29, 1.82) is 0 Å². The minimum Gasteiger partial charge on any atom is -0.378 e. The Morgan fingerprint density at radius 3 is 2.21 bits per heavy atom. The van der Waals surface area contributed by atoms with Gasteiger partial charge in [-0.3, -0.25) is 9.59 Å². The zero-order chi connectivity index (χ0) is 19.8. The van der Waals surface area contributed by atoms with Gasteiger partial charge in [0.15, 0.2) is 0 Å². The Labute approximate surface area is 177 Å². The number of ether oxygens (including phenoxy) is 1. The van der Waals surface area contributed by atoms with Crippen LogP contribution in [0.15, 0.2) is 48.2 Å². The molecular formula is C20H15Cl3N2O3. The minimum atomic E-state index is -0.446. The summed E-state index contributed by atoms with van der Waals surface area (Å²) in [6.45, 7) is 2.00. The summed E-state index contributed by atoms with van der Waals surface area (Å²) < 4.78 is 5.39. The average molecular weight is 438 g/mol. The molecule has 4 rings (SSSR count). The standard InChI is InChI=1S/C20H15Cl3N2O3/c21-13-6-4-12(5-7-13)16-18(24-8-10-28-11-9-24)20(27)25(19(16)26)15-3-1-2-14(22)17(15)23/h1-7H,8-11H2. The fraction of sp³-hybridized carbons (Fsp3) is 0.200. The van der Waals surface area contributed by atoms with Crippen molar-refractivity contribution in [2.24, 2.45) is 0 Å². The van der Waals surface area contributed by atoms with Crippen LogP contribution in [0.5, 0.6) is 0 Å². The zero-order valence-electron chi connectivity index (χ0n) is 14.6. The lowest BCUT2D eigenvalue weighted by Crippen LogP contribution is -2.40. The second-order valence-corrected chi connectivity index (χ2v) is 7.57. The summed E-state index contributed by atoms with van der Waals surface area (Å²) in [5.41, 5.74) is 1.54. The van der Waals surface area contributed by atoms with E-state index in [1.165, 1.54) is 0 Å². The molecule has 0 atom stereocenters. The largest absolute Gasteiger partial charge is 0.378 e. The maximum absolute atomic E-state index is 13.4. The molecule has 8 heteroatoms. The lowest BCUT2D eigenvalue weighted by atomic mass is 10.0. The molecule has 144 valence electrons. The molecule has 2 heterocycles. The van der Waals surface area contributed by atoms with E-state index in [4.69, 9.17) is 39.5 Å². The van der Waals surface area contributed by atoms with Gasteiger partial charge < -0.3 is 9.64 Å². The molecule has 0 radical (unpaired) electrons. The molecule has 2 aliphatic rings. The van der Waals surface area contributed by atoms with Gasteiger partial charge >= 0.3 is 0 Å². The van der Waals surface area contributed by atoms with Crippen molar-refractivity contribution in [2.75, 3.05) is 31.2 Å². The summed E-state index contributed by atoms with van der Waals surface area (Å²) in [6, 6.07) is 11.7. The van der Waals surface area contributed by atoms with Crippen molar-refractivity contribution < 1.29 is 14.3 Å². The maximum atomic E-state index is 13.4. The molecule has 2 amide bonds. The van der Waals surface area contributed by atoms with Crippen molar-refractivity contribution in [3.05, 3.63) is 68.8 Å². The van der Waals surface area contributed by atoms with E-state index >= 15 is 0 Å². The first-order valence-electron chi connectivity index (χ1n) is 8.64. The zero-order valence-corrected chi connectivity index (χ0v) is 16.9. The monoisotopic (exact) mass is 436 g/mol. The van der Waals surface area contributed by atoms with Crippen LogP contribution in [-0.2, 0) is 14.3 Å². The fourth-order valence-electron chi connectivity index (χ4n) is 3.36. The number of hydrogen-bond acceptors (Lipinski definition) is 4. The topological polar surface area (TPSA) is 49.9 Å². The molecule has 1 fully saturated rings. The van der Waals surface area contributed by atoms with Crippen LogP contribution < -0.4 is 4.90 Å². The van der Waals surface area contributed by atoms with E-state index in [0.717, 1.165) is 4.90 Å². The number of benzene rings is 2. The summed E-state index contributed by atoms with van der Waals surface area (Å²) in [7, 11) is 0. The lowest BCUT2D eigenvalue weighted by molar-refractivity contribution is -0.121. The van der Waals surface area contributed by atoms with E-state index in [2.05, 4.69) is 0 Å². The summed E-state index contributed by atoms with van der Waals surface area (Å²) in [4.78, 5) is 29.7. The number of amides is 2. The highest BCUT2D eigenvalue weighted by Crippen LogP contribution is 2.40. The summed E-state index contributed by atoms with van der Waals surface area (Å²) in [5.74, 6) is -0.876. The molecule has 0 unspecified atom stereocenters. The number of carbonyl (C=O) groups excluding carboxylic acids is 2. The summed E-state index contributed by atoms with van der Waals surface area (Å²) in [6.07, 6.45) is 0. The first-order chi connectivity index (χ1) is 13.5. The Hall–Kier alpha value is -2.05. The van der Waals surface area contributed by atoms with Crippen molar-refractivity contribution in [2.45, 2.75) is 0 Å². The molecule has 28 heavy (non-hydrogen) atoms. The highest BCUT2D eigenvalue weighted by molar-refractivity contribution is 6.49. The Bertz CT molecular complexity index is 983. The van der Waals surface area contributed by atoms with Crippen LogP contribution in [0, 0.1) is 0 Å². The van der Waals surface area contributed by atoms with Gasteiger partial charge in [0, 0.05) is 18.1 Å². The van der Waals surface area contributed by atoms with E-state index in [0.29, 0.717) is 48.2 Å². The van der Waals surface area contributed by atoms with Gasteiger partial charge in [0.1, 0.15) is 5.70 Å². The SMILES string of the molecule is O=C1C(c2ccc(Cl)cc2)=C(N2CCOCC2)C(=O)N1c1cccc(Cl)c1Cl. The van der Waals surface area contributed by atoms with Gasteiger partial charge in [0.2, 0.25) is 0 Å². The number of hydrogen-bond donors (Lipinski definition) is 0. The molecule has 0 saturated carbocycles. The maximum Gasteiger partial charge on any atom is 0.282 e. The molecule has 0 bridgehead atoms. The van der Waals surface area contributed by atoms with Crippen LogP contribution in [0.3, 0.4) is 0 Å². The fourth-order valence-corrected chi connectivity index (χ4v) is 3.87. The Morgan fingerprint density at radius 2 is 1.54 bits per heavy atom. The van der Waals surface area contributed by atoms with Gasteiger partial charge in [0.05, 0.1) is 34.5 Å². The number of imide groups is 1. The Kier molecular flexibility index (Phi) is 5.34. The predicted octanol–water partition coefficient (Wildman–Crippen LogP) is 4.26. The third kappa shape index (κ3) is 3.29. The number of carbonyl (C=O) groups is 2. The van der Waals surface area contributed by atoms with Gasteiger partial charge in [0.25, 0.3) is 11.8 Å². The van der Waals surface area contributed by atoms with E-state index < -0.39 is 11.8 Å². The van der Waals surface area contributed by atoms with Gasteiger partial charge in [-0.2, -0.15) is 0 Å². The Morgan fingerprint density at radius 1 is 0.857 bits per heavy atom. The highest BCUT2D eigenvalue weighted by atomic mass is 35.5. The highest BCUT2D eigenvalue weighted by Gasteiger charge is 2.43. The first-order valence-corrected chi connectivity index (χ1v) is 9.78. The minimum absolute atomic E-state index is 0.157. The van der Waals surface area contributed by atoms with Gasteiger partial charge in [-0.1, -0.05) is 53.0 Å². The van der Waals surface area contributed by atoms with Crippen LogP contribution in [0.25, 0.3) is 5.57 Å². The second-order valence-electron chi connectivity index (χ2n) is 6.35. The van der Waals surface area contributed by atoms with Gasteiger partial charge in [-0.15, -0.1) is 0 Å². The molecule has 0 spiro atoms. The van der Waals surface area contributed by atoms with Crippen molar-refractivity contribution in [3.8, 4) is 0 Å². The molecular weight excluding hydrogens is 423 g/mol.